The van der Waals surface area contributed by atoms with E-state index in [4.69, 9.17) is 23.2 Å². The highest BCUT2D eigenvalue weighted by atomic mass is 35.5. The molecule has 2 unspecified atom stereocenters. The Balaban J connectivity index is 2.29. The van der Waals surface area contributed by atoms with Gasteiger partial charge in [0, 0.05) is 25.6 Å². The molecule has 1 N–H and O–H groups in total. The van der Waals surface area contributed by atoms with Gasteiger partial charge >= 0.3 is 6.18 Å². The first-order valence-corrected chi connectivity index (χ1v) is 15.4. The van der Waals surface area contributed by atoms with Crippen LogP contribution in [0.1, 0.15) is 57.6 Å². The van der Waals surface area contributed by atoms with Crippen molar-refractivity contribution in [2.24, 2.45) is 0 Å². The van der Waals surface area contributed by atoms with Crippen molar-refractivity contribution >= 4 is 50.7 Å². The Morgan fingerprint density at radius 1 is 1.02 bits per heavy atom. The summed E-state index contributed by atoms with van der Waals surface area (Å²) < 4.78 is 65.4. The average molecular weight is 625 g/mol. The average Bonchev–Trinajstić information content (AvgIpc) is 2.87. The van der Waals surface area contributed by atoms with Gasteiger partial charge in [-0.25, -0.2) is 8.42 Å². The quantitative estimate of drug-likeness (QED) is 0.284. The van der Waals surface area contributed by atoms with Crippen LogP contribution >= 0.6 is 23.2 Å². The van der Waals surface area contributed by atoms with Gasteiger partial charge in [-0.1, -0.05) is 49.2 Å². The van der Waals surface area contributed by atoms with Crippen molar-refractivity contribution in [2.45, 2.75) is 71.3 Å². The standard InChI is InChI=1S/C27H34Cl2F3N3O4S/c1-5-18(3)33-26(37)24(6-2)34(17-19-12-13-22(28)23(29)15-19)25(36)11-8-14-35(40(4,38)39)21-10-7-9-20(16-21)27(30,31)32/h7,9-10,12-13,15-16,18,24H,5-6,8,11,14,17H2,1-4H3,(H,33,37). The third kappa shape index (κ3) is 9.55. The van der Waals surface area contributed by atoms with Gasteiger partial charge in [0.1, 0.15) is 6.04 Å². The summed E-state index contributed by atoms with van der Waals surface area (Å²) in [6.07, 6.45) is -2.90. The first-order chi connectivity index (χ1) is 18.6. The second-order valence-electron chi connectivity index (χ2n) is 9.50. The Morgan fingerprint density at radius 3 is 2.25 bits per heavy atom. The number of carbonyl (C=O) groups is 2. The molecule has 7 nitrogen and oxygen atoms in total. The summed E-state index contributed by atoms with van der Waals surface area (Å²) >= 11 is 12.2. The first-order valence-electron chi connectivity index (χ1n) is 12.8. The molecule has 0 fully saturated rings. The van der Waals surface area contributed by atoms with Gasteiger partial charge in [0.05, 0.1) is 27.6 Å². The maximum Gasteiger partial charge on any atom is 0.416 e. The molecule has 0 aromatic heterocycles. The number of nitrogens with zero attached hydrogens (tertiary/aromatic N) is 2. The number of anilines is 1. The molecule has 2 atom stereocenters. The van der Waals surface area contributed by atoms with Crippen LogP contribution in [-0.4, -0.2) is 50.0 Å². The summed E-state index contributed by atoms with van der Waals surface area (Å²) in [7, 11) is -3.96. The van der Waals surface area contributed by atoms with Crippen LogP contribution in [0.3, 0.4) is 0 Å². The number of benzene rings is 2. The summed E-state index contributed by atoms with van der Waals surface area (Å²) in [5.74, 6) is -0.748. The lowest BCUT2D eigenvalue weighted by Gasteiger charge is -2.32. The van der Waals surface area contributed by atoms with Crippen molar-refractivity contribution in [3.8, 4) is 0 Å². The summed E-state index contributed by atoms with van der Waals surface area (Å²) in [4.78, 5) is 28.0. The van der Waals surface area contributed by atoms with Crippen LogP contribution in [0.25, 0.3) is 0 Å². The highest BCUT2D eigenvalue weighted by Gasteiger charge is 2.32. The highest BCUT2D eigenvalue weighted by molar-refractivity contribution is 7.92. The fourth-order valence-electron chi connectivity index (χ4n) is 4.04. The number of halogens is 5. The predicted molar refractivity (Wildman–Crippen MR) is 152 cm³/mol. The van der Waals surface area contributed by atoms with Crippen LogP contribution in [0.5, 0.6) is 0 Å². The van der Waals surface area contributed by atoms with Gasteiger partial charge in [0.15, 0.2) is 0 Å². The fraction of sp³-hybridized carbons (Fsp3) is 0.481. The van der Waals surface area contributed by atoms with E-state index in [1.807, 2.05) is 13.8 Å². The van der Waals surface area contributed by atoms with Crippen molar-refractivity contribution in [1.29, 1.82) is 0 Å². The second-order valence-corrected chi connectivity index (χ2v) is 12.2. The van der Waals surface area contributed by atoms with E-state index in [0.717, 1.165) is 28.8 Å². The SMILES string of the molecule is CCC(C)NC(=O)C(CC)N(Cc1ccc(Cl)c(Cl)c1)C(=O)CCCN(c1cccc(C(F)(F)F)c1)S(C)(=O)=O. The van der Waals surface area contributed by atoms with E-state index in [9.17, 15) is 31.2 Å². The minimum atomic E-state index is -4.65. The van der Waals surface area contributed by atoms with Crippen LogP contribution < -0.4 is 9.62 Å². The minimum Gasteiger partial charge on any atom is -0.352 e. The van der Waals surface area contributed by atoms with Gasteiger partial charge in [-0.3, -0.25) is 13.9 Å². The van der Waals surface area contributed by atoms with Crippen LogP contribution in [0.2, 0.25) is 10.0 Å². The van der Waals surface area contributed by atoms with E-state index in [2.05, 4.69) is 5.32 Å². The normalized spacial score (nSPS) is 13.4. The van der Waals surface area contributed by atoms with E-state index < -0.39 is 33.7 Å². The van der Waals surface area contributed by atoms with Gasteiger partial charge < -0.3 is 10.2 Å². The maximum atomic E-state index is 13.5. The number of sulfonamides is 1. The van der Waals surface area contributed by atoms with Gasteiger partial charge in [-0.15, -0.1) is 0 Å². The molecule has 0 aliphatic carbocycles. The zero-order chi connectivity index (χ0) is 30.3. The molecule has 2 amide bonds. The van der Waals surface area contributed by atoms with Crippen LogP contribution in [0.15, 0.2) is 42.5 Å². The number of carbonyl (C=O) groups excluding carboxylic acids is 2. The molecule has 0 aliphatic rings. The molecule has 0 radical (unpaired) electrons. The molecule has 222 valence electrons. The molecule has 2 rings (SSSR count). The third-order valence-corrected chi connectivity index (χ3v) is 8.27. The molecular weight excluding hydrogens is 590 g/mol. The number of hydrogen-bond acceptors (Lipinski definition) is 4. The number of rotatable bonds is 13. The summed E-state index contributed by atoms with van der Waals surface area (Å²) in [6.45, 7) is 5.36. The molecule has 40 heavy (non-hydrogen) atoms. The Hall–Kier alpha value is -2.50. The third-order valence-electron chi connectivity index (χ3n) is 6.34. The monoisotopic (exact) mass is 623 g/mol. The lowest BCUT2D eigenvalue weighted by Crippen LogP contribution is -2.50. The topological polar surface area (TPSA) is 86.8 Å². The molecule has 0 spiro atoms. The minimum absolute atomic E-state index is 0.00341. The molecule has 0 heterocycles. The van der Waals surface area contributed by atoms with Crippen LogP contribution in [-0.2, 0) is 32.3 Å². The summed E-state index contributed by atoms with van der Waals surface area (Å²) in [6, 6.07) is 7.94. The van der Waals surface area contributed by atoms with Crippen molar-refractivity contribution < 1.29 is 31.2 Å². The molecule has 2 aromatic rings. The van der Waals surface area contributed by atoms with E-state index in [-0.39, 0.29) is 48.6 Å². The molecule has 0 aliphatic heterocycles. The largest absolute Gasteiger partial charge is 0.416 e. The molecule has 0 saturated heterocycles. The molecule has 0 bridgehead atoms. The smallest absolute Gasteiger partial charge is 0.352 e. The number of nitrogens with one attached hydrogen (secondary N) is 1. The predicted octanol–water partition coefficient (Wildman–Crippen LogP) is 6.28. The summed E-state index contributed by atoms with van der Waals surface area (Å²) in [5, 5.41) is 3.52. The number of hydrogen-bond donors (Lipinski definition) is 1. The number of amides is 2. The lowest BCUT2D eigenvalue weighted by molar-refractivity contribution is -0.141. The lowest BCUT2D eigenvalue weighted by atomic mass is 10.1. The van der Waals surface area contributed by atoms with Gasteiger partial charge in [-0.05, 0) is 62.1 Å². The Labute approximate surface area is 243 Å². The van der Waals surface area contributed by atoms with Crippen molar-refractivity contribution in [3.63, 3.8) is 0 Å². The van der Waals surface area contributed by atoms with Crippen LogP contribution in [0.4, 0.5) is 18.9 Å². The molecular formula is C27H34Cl2F3N3O4S. The van der Waals surface area contributed by atoms with E-state index >= 15 is 0 Å². The van der Waals surface area contributed by atoms with Crippen molar-refractivity contribution in [2.75, 3.05) is 17.1 Å². The van der Waals surface area contributed by atoms with Crippen molar-refractivity contribution in [1.82, 2.24) is 10.2 Å². The zero-order valence-corrected chi connectivity index (χ0v) is 25.1. The Bertz CT molecular complexity index is 1290. The maximum absolute atomic E-state index is 13.5. The first kappa shape index (κ1) is 33.7. The van der Waals surface area contributed by atoms with E-state index in [0.29, 0.717) is 23.4 Å². The Kier molecular flexibility index (Phi) is 12.1. The fourth-order valence-corrected chi connectivity index (χ4v) is 5.31. The Morgan fingerprint density at radius 2 is 1.70 bits per heavy atom. The van der Waals surface area contributed by atoms with Gasteiger partial charge in [-0.2, -0.15) is 13.2 Å². The van der Waals surface area contributed by atoms with Crippen LogP contribution in [0, 0.1) is 0 Å². The van der Waals surface area contributed by atoms with E-state index in [1.165, 1.54) is 11.0 Å². The molecule has 0 saturated carbocycles. The molecule has 13 heteroatoms. The van der Waals surface area contributed by atoms with Gasteiger partial charge in [0.25, 0.3) is 0 Å². The highest BCUT2D eigenvalue weighted by Crippen LogP contribution is 2.32. The van der Waals surface area contributed by atoms with Gasteiger partial charge in [0.2, 0.25) is 21.8 Å². The second kappa shape index (κ2) is 14.4. The zero-order valence-electron chi connectivity index (χ0n) is 22.8. The molecule has 2 aromatic carbocycles. The summed E-state index contributed by atoms with van der Waals surface area (Å²) in [5.41, 5.74) is -0.503. The number of alkyl halides is 3. The van der Waals surface area contributed by atoms with E-state index in [1.54, 1.807) is 25.1 Å². The van der Waals surface area contributed by atoms with Crippen molar-refractivity contribution in [3.05, 3.63) is 63.6 Å².